The summed E-state index contributed by atoms with van der Waals surface area (Å²) in [5, 5.41) is 17.6. The molecular formula is C13H22F2N2O4. The number of carboxylic acid groups (broad SMARTS) is 1. The van der Waals surface area contributed by atoms with Crippen molar-refractivity contribution >= 4 is 12.0 Å². The third-order valence-electron chi connectivity index (χ3n) is 3.56. The number of nitrogens with zero attached hydrogens (tertiary/aromatic N) is 2. The fourth-order valence-corrected chi connectivity index (χ4v) is 2.58. The van der Waals surface area contributed by atoms with Crippen molar-refractivity contribution in [3.8, 4) is 0 Å². The molecule has 0 saturated carbocycles. The molecule has 1 saturated heterocycles. The second-order valence-corrected chi connectivity index (χ2v) is 5.12. The third-order valence-corrected chi connectivity index (χ3v) is 3.56. The van der Waals surface area contributed by atoms with Gasteiger partial charge in [0, 0.05) is 25.6 Å². The molecule has 0 spiro atoms. The van der Waals surface area contributed by atoms with E-state index >= 15 is 0 Å². The average Bonchev–Trinajstić information content (AvgIpc) is 2.43. The van der Waals surface area contributed by atoms with Gasteiger partial charge in [-0.15, -0.1) is 0 Å². The Labute approximate surface area is 122 Å². The number of aliphatic carboxylic acids is 1. The number of rotatable bonds is 7. The van der Waals surface area contributed by atoms with Crippen molar-refractivity contribution in [1.82, 2.24) is 9.80 Å². The van der Waals surface area contributed by atoms with E-state index in [1.807, 2.05) is 0 Å². The molecule has 1 rings (SSSR count). The second-order valence-electron chi connectivity index (χ2n) is 5.12. The molecule has 2 N–H and O–H groups in total. The van der Waals surface area contributed by atoms with Crippen LogP contribution in [0.2, 0.25) is 0 Å². The number of carboxylic acids is 1. The van der Waals surface area contributed by atoms with Crippen LogP contribution in [0.15, 0.2) is 0 Å². The van der Waals surface area contributed by atoms with Gasteiger partial charge < -0.3 is 20.0 Å². The molecule has 0 aliphatic carbocycles. The highest BCUT2D eigenvalue weighted by Gasteiger charge is 2.31. The first kappa shape index (κ1) is 17.6. The number of halogens is 2. The predicted molar refractivity (Wildman–Crippen MR) is 71.3 cm³/mol. The zero-order valence-corrected chi connectivity index (χ0v) is 11.9. The number of carbonyl (C=O) groups excluding carboxylic acids is 1. The summed E-state index contributed by atoms with van der Waals surface area (Å²) in [5.41, 5.74) is 0. The van der Waals surface area contributed by atoms with Gasteiger partial charge in [0.2, 0.25) is 0 Å². The van der Waals surface area contributed by atoms with Crippen LogP contribution in [0, 0.1) is 0 Å². The molecule has 1 aliphatic heterocycles. The van der Waals surface area contributed by atoms with Gasteiger partial charge in [-0.05, 0) is 25.7 Å². The van der Waals surface area contributed by atoms with Gasteiger partial charge in [0.15, 0.2) is 0 Å². The van der Waals surface area contributed by atoms with Crippen molar-refractivity contribution in [2.24, 2.45) is 0 Å². The summed E-state index contributed by atoms with van der Waals surface area (Å²) in [6, 6.07) is -0.777. The number of carbonyl (C=O) groups is 2. The van der Waals surface area contributed by atoms with Crippen molar-refractivity contribution in [3.63, 3.8) is 0 Å². The highest BCUT2D eigenvalue weighted by atomic mass is 19.3. The van der Waals surface area contributed by atoms with Crippen molar-refractivity contribution in [2.75, 3.05) is 26.2 Å². The van der Waals surface area contributed by atoms with E-state index in [1.54, 1.807) is 0 Å². The Morgan fingerprint density at radius 2 is 2.05 bits per heavy atom. The lowest BCUT2D eigenvalue weighted by molar-refractivity contribution is -0.137. The number of hydrogen-bond donors (Lipinski definition) is 2. The largest absolute Gasteiger partial charge is 0.481 e. The SMILES string of the molecule is O=C(O)CCC1CCCCN1C(=O)N(CCO)CC(F)F. The summed E-state index contributed by atoms with van der Waals surface area (Å²) in [4.78, 5) is 25.4. The predicted octanol–water partition coefficient (Wildman–Crippen LogP) is 1.39. The molecular weight excluding hydrogens is 286 g/mol. The van der Waals surface area contributed by atoms with Gasteiger partial charge in [-0.2, -0.15) is 0 Å². The van der Waals surface area contributed by atoms with Gasteiger partial charge in [0.25, 0.3) is 6.43 Å². The van der Waals surface area contributed by atoms with Crippen LogP contribution in [-0.2, 0) is 4.79 Å². The van der Waals surface area contributed by atoms with Crippen LogP contribution >= 0.6 is 0 Å². The van der Waals surface area contributed by atoms with Gasteiger partial charge >= 0.3 is 12.0 Å². The topological polar surface area (TPSA) is 81.1 Å². The summed E-state index contributed by atoms with van der Waals surface area (Å²) in [6.45, 7) is -0.812. The molecule has 122 valence electrons. The van der Waals surface area contributed by atoms with Crippen LogP contribution in [0.4, 0.5) is 13.6 Å². The van der Waals surface area contributed by atoms with Gasteiger partial charge in [-0.25, -0.2) is 13.6 Å². The maximum atomic E-state index is 12.5. The molecule has 2 amide bonds. The van der Waals surface area contributed by atoms with Crippen molar-refractivity contribution < 1.29 is 28.6 Å². The van der Waals surface area contributed by atoms with E-state index in [4.69, 9.17) is 10.2 Å². The van der Waals surface area contributed by atoms with Gasteiger partial charge in [0.05, 0.1) is 13.2 Å². The number of urea groups is 1. The van der Waals surface area contributed by atoms with E-state index in [0.717, 1.165) is 17.7 Å². The summed E-state index contributed by atoms with van der Waals surface area (Å²) in [5.74, 6) is -0.937. The average molecular weight is 308 g/mol. The minimum absolute atomic E-state index is 0.0523. The van der Waals surface area contributed by atoms with Crippen LogP contribution in [0.3, 0.4) is 0 Å². The number of likely N-dealkylation sites (tertiary alicyclic amines) is 1. The monoisotopic (exact) mass is 308 g/mol. The van der Waals surface area contributed by atoms with E-state index in [1.165, 1.54) is 4.90 Å². The van der Waals surface area contributed by atoms with E-state index < -0.39 is 25.0 Å². The highest BCUT2D eigenvalue weighted by molar-refractivity contribution is 5.75. The lowest BCUT2D eigenvalue weighted by atomic mass is 9.98. The Balaban J connectivity index is 2.70. The van der Waals surface area contributed by atoms with Crippen LogP contribution in [-0.4, -0.2) is 70.7 Å². The Morgan fingerprint density at radius 1 is 1.33 bits per heavy atom. The van der Waals surface area contributed by atoms with Gasteiger partial charge in [0.1, 0.15) is 0 Å². The van der Waals surface area contributed by atoms with Crippen molar-refractivity contribution in [1.29, 1.82) is 0 Å². The molecule has 0 aromatic carbocycles. The smallest absolute Gasteiger partial charge is 0.320 e. The minimum atomic E-state index is -2.66. The summed E-state index contributed by atoms with van der Waals surface area (Å²) in [6.07, 6.45) is -0.0465. The molecule has 8 heteroatoms. The van der Waals surface area contributed by atoms with Gasteiger partial charge in [-0.1, -0.05) is 0 Å². The number of aliphatic hydroxyl groups is 1. The van der Waals surface area contributed by atoms with E-state index in [2.05, 4.69) is 0 Å². The lowest BCUT2D eigenvalue weighted by Gasteiger charge is -2.39. The molecule has 21 heavy (non-hydrogen) atoms. The number of amides is 2. The molecule has 1 fully saturated rings. The Morgan fingerprint density at radius 3 is 2.62 bits per heavy atom. The first-order valence-corrected chi connectivity index (χ1v) is 7.12. The van der Waals surface area contributed by atoms with E-state index in [9.17, 15) is 18.4 Å². The Hall–Kier alpha value is -1.44. The van der Waals surface area contributed by atoms with Crippen molar-refractivity contribution in [2.45, 2.75) is 44.6 Å². The second kappa shape index (κ2) is 8.76. The molecule has 0 radical (unpaired) electrons. The van der Waals surface area contributed by atoms with Crippen molar-refractivity contribution in [3.05, 3.63) is 0 Å². The third kappa shape index (κ3) is 5.82. The fraction of sp³-hybridized carbons (Fsp3) is 0.846. The Kier molecular flexibility index (Phi) is 7.35. The number of aliphatic hydroxyl groups excluding tert-OH is 1. The summed E-state index contributed by atoms with van der Waals surface area (Å²) >= 11 is 0. The quantitative estimate of drug-likeness (QED) is 0.744. The normalized spacial score (nSPS) is 18.9. The molecule has 1 heterocycles. The first-order chi connectivity index (χ1) is 9.95. The molecule has 1 atom stereocenters. The maximum Gasteiger partial charge on any atom is 0.320 e. The maximum absolute atomic E-state index is 12.5. The number of alkyl halides is 2. The van der Waals surface area contributed by atoms with Gasteiger partial charge in [-0.3, -0.25) is 4.79 Å². The van der Waals surface area contributed by atoms with Crippen LogP contribution in [0.1, 0.15) is 32.1 Å². The number of hydrogen-bond acceptors (Lipinski definition) is 3. The molecule has 0 aromatic heterocycles. The zero-order chi connectivity index (χ0) is 15.8. The van der Waals surface area contributed by atoms with E-state index in [0.29, 0.717) is 19.4 Å². The first-order valence-electron chi connectivity index (χ1n) is 7.12. The number of piperidine rings is 1. The molecule has 1 aliphatic rings. The standard InChI is InChI=1S/C13H22F2N2O4/c14-11(15)9-16(7-8-18)13(21)17-6-2-1-3-10(17)4-5-12(19)20/h10-11,18H,1-9H2,(H,19,20). The fourth-order valence-electron chi connectivity index (χ4n) is 2.58. The zero-order valence-electron chi connectivity index (χ0n) is 11.9. The highest BCUT2D eigenvalue weighted by Crippen LogP contribution is 2.22. The Bertz CT molecular complexity index is 355. The van der Waals surface area contributed by atoms with E-state index in [-0.39, 0.29) is 25.6 Å². The summed E-state index contributed by atoms with van der Waals surface area (Å²) < 4.78 is 25.0. The van der Waals surface area contributed by atoms with Crippen LogP contribution in [0.5, 0.6) is 0 Å². The van der Waals surface area contributed by atoms with Crippen LogP contribution < -0.4 is 0 Å². The molecule has 0 bridgehead atoms. The minimum Gasteiger partial charge on any atom is -0.481 e. The summed E-state index contributed by atoms with van der Waals surface area (Å²) in [7, 11) is 0. The molecule has 0 aromatic rings. The lowest BCUT2D eigenvalue weighted by Crippen LogP contribution is -2.52. The molecule has 1 unspecified atom stereocenters. The molecule has 6 nitrogen and oxygen atoms in total. The van der Waals surface area contributed by atoms with Crippen LogP contribution in [0.25, 0.3) is 0 Å².